The third kappa shape index (κ3) is 4.26. The van der Waals surface area contributed by atoms with Gasteiger partial charge in [0.05, 0.1) is 5.75 Å². The van der Waals surface area contributed by atoms with E-state index in [4.69, 9.17) is 11.1 Å². The summed E-state index contributed by atoms with van der Waals surface area (Å²) in [5.74, 6) is 0.795. The van der Waals surface area contributed by atoms with E-state index in [0.29, 0.717) is 5.75 Å². The van der Waals surface area contributed by atoms with Crippen molar-refractivity contribution in [1.82, 2.24) is 0 Å². The highest BCUT2D eigenvalue weighted by Crippen LogP contribution is 2.15. The van der Waals surface area contributed by atoms with E-state index >= 15 is 0 Å². The molecule has 0 spiro atoms. The third-order valence-corrected chi connectivity index (χ3v) is 2.20. The Morgan fingerprint density at radius 3 is 2.42 bits per heavy atom. The predicted molar refractivity (Wildman–Crippen MR) is 49.1 cm³/mol. The molecule has 0 aliphatic heterocycles. The molecule has 0 unspecified atom stereocenters. The molecule has 0 atom stereocenters. The molecule has 4 heteroatoms. The SMILES string of the molecule is N=C(N)CSc1ccccc1.[Cl-]. The topological polar surface area (TPSA) is 49.9 Å². The van der Waals surface area contributed by atoms with Gasteiger partial charge in [0, 0.05) is 4.90 Å². The normalized spacial score (nSPS) is 8.67. The van der Waals surface area contributed by atoms with Gasteiger partial charge in [-0.05, 0) is 12.1 Å². The van der Waals surface area contributed by atoms with Gasteiger partial charge in [0.15, 0.2) is 0 Å². The van der Waals surface area contributed by atoms with Crippen LogP contribution in [0.25, 0.3) is 0 Å². The maximum absolute atomic E-state index is 7.00. The van der Waals surface area contributed by atoms with Crippen molar-refractivity contribution in [3.05, 3.63) is 30.3 Å². The second kappa shape index (κ2) is 5.91. The molecule has 0 aliphatic carbocycles. The summed E-state index contributed by atoms with van der Waals surface area (Å²) in [6.07, 6.45) is 0. The summed E-state index contributed by atoms with van der Waals surface area (Å²) >= 11 is 1.58. The summed E-state index contributed by atoms with van der Waals surface area (Å²) < 4.78 is 0. The lowest BCUT2D eigenvalue weighted by atomic mass is 10.4. The highest BCUT2D eigenvalue weighted by molar-refractivity contribution is 8.00. The molecule has 0 saturated carbocycles. The van der Waals surface area contributed by atoms with Crippen molar-refractivity contribution in [2.24, 2.45) is 5.73 Å². The lowest BCUT2D eigenvalue weighted by Crippen LogP contribution is -3.00. The van der Waals surface area contributed by atoms with Crippen LogP contribution >= 0.6 is 11.8 Å². The summed E-state index contributed by atoms with van der Waals surface area (Å²) in [6, 6.07) is 9.93. The van der Waals surface area contributed by atoms with Crippen LogP contribution in [0.5, 0.6) is 0 Å². The zero-order valence-electron chi connectivity index (χ0n) is 6.46. The van der Waals surface area contributed by atoms with Crippen LogP contribution in [-0.2, 0) is 0 Å². The third-order valence-electron chi connectivity index (χ3n) is 1.14. The average Bonchev–Trinajstić information content (AvgIpc) is 2.03. The summed E-state index contributed by atoms with van der Waals surface area (Å²) in [4.78, 5) is 1.16. The van der Waals surface area contributed by atoms with E-state index in [9.17, 15) is 0 Å². The molecule has 0 amide bonds. The van der Waals surface area contributed by atoms with Gasteiger partial charge >= 0.3 is 0 Å². The van der Waals surface area contributed by atoms with Crippen LogP contribution in [-0.4, -0.2) is 11.6 Å². The van der Waals surface area contributed by atoms with E-state index in [0.717, 1.165) is 4.90 Å². The van der Waals surface area contributed by atoms with Gasteiger partial charge in [-0.15, -0.1) is 11.8 Å². The summed E-state index contributed by atoms with van der Waals surface area (Å²) in [5, 5.41) is 7.00. The van der Waals surface area contributed by atoms with E-state index in [1.54, 1.807) is 11.8 Å². The maximum Gasteiger partial charge on any atom is 0.101 e. The Labute approximate surface area is 82.5 Å². The number of hydrogen-bond acceptors (Lipinski definition) is 2. The zero-order valence-corrected chi connectivity index (χ0v) is 8.03. The molecular weight excluding hydrogens is 192 g/mol. The molecule has 2 nitrogen and oxygen atoms in total. The smallest absolute Gasteiger partial charge is 0.101 e. The van der Waals surface area contributed by atoms with Crippen molar-refractivity contribution in [2.45, 2.75) is 4.90 Å². The fraction of sp³-hybridized carbons (Fsp3) is 0.125. The largest absolute Gasteiger partial charge is 1.00 e. The lowest BCUT2D eigenvalue weighted by Gasteiger charge is -1.97. The van der Waals surface area contributed by atoms with Crippen LogP contribution in [0.3, 0.4) is 0 Å². The van der Waals surface area contributed by atoms with E-state index in [2.05, 4.69) is 0 Å². The van der Waals surface area contributed by atoms with Crippen LogP contribution in [0.15, 0.2) is 35.2 Å². The molecule has 0 heterocycles. The Hall–Kier alpha value is -0.670. The van der Waals surface area contributed by atoms with Crippen LogP contribution in [0.1, 0.15) is 0 Å². The van der Waals surface area contributed by atoms with E-state index in [-0.39, 0.29) is 18.2 Å². The quantitative estimate of drug-likeness (QED) is 0.364. The van der Waals surface area contributed by atoms with Gasteiger partial charge in [0.2, 0.25) is 0 Å². The fourth-order valence-electron chi connectivity index (χ4n) is 0.678. The molecule has 12 heavy (non-hydrogen) atoms. The van der Waals surface area contributed by atoms with E-state index in [1.807, 2.05) is 30.3 Å². The predicted octanol–water partition coefficient (Wildman–Crippen LogP) is -1.28. The van der Waals surface area contributed by atoms with Gasteiger partial charge in [-0.1, -0.05) is 18.2 Å². The minimum atomic E-state index is 0. The van der Waals surface area contributed by atoms with Crippen LogP contribution in [0.4, 0.5) is 0 Å². The highest BCUT2D eigenvalue weighted by Gasteiger charge is 1.92. The van der Waals surface area contributed by atoms with E-state index in [1.165, 1.54) is 0 Å². The molecule has 0 aliphatic rings. The Kier molecular flexibility index (Phi) is 5.58. The number of rotatable bonds is 3. The first-order chi connectivity index (χ1) is 5.29. The Bertz CT molecular complexity index is 238. The summed E-state index contributed by atoms with van der Waals surface area (Å²) in [6.45, 7) is 0. The average molecular weight is 202 g/mol. The van der Waals surface area contributed by atoms with Gasteiger partial charge in [0.1, 0.15) is 5.84 Å². The Morgan fingerprint density at radius 2 is 1.92 bits per heavy atom. The number of nitrogens with one attached hydrogen (secondary N) is 1. The fourth-order valence-corrected chi connectivity index (χ4v) is 1.35. The number of nitrogens with two attached hydrogens (primary N) is 1. The van der Waals surface area contributed by atoms with Crippen molar-refractivity contribution >= 4 is 17.6 Å². The van der Waals surface area contributed by atoms with Gasteiger partial charge in [-0.3, -0.25) is 5.41 Å². The molecule has 3 N–H and O–H groups in total. The van der Waals surface area contributed by atoms with E-state index < -0.39 is 0 Å². The Balaban J connectivity index is 0.00000121. The molecule has 1 rings (SSSR count). The van der Waals surface area contributed by atoms with Gasteiger partial charge in [-0.2, -0.15) is 0 Å². The minimum absolute atomic E-state index is 0. The summed E-state index contributed by atoms with van der Waals surface area (Å²) in [5.41, 5.74) is 5.20. The Morgan fingerprint density at radius 1 is 1.33 bits per heavy atom. The highest BCUT2D eigenvalue weighted by atomic mass is 35.5. The van der Waals surface area contributed by atoms with Crippen LogP contribution in [0.2, 0.25) is 0 Å². The first kappa shape index (κ1) is 11.3. The standard InChI is InChI=1S/C8H10N2S.ClH/c9-8(10)6-11-7-4-2-1-3-5-7;/h1-5H,6H2,(H3,9,10);1H/p-1. The van der Waals surface area contributed by atoms with Gasteiger partial charge < -0.3 is 18.1 Å². The molecule has 66 valence electrons. The van der Waals surface area contributed by atoms with Crippen molar-refractivity contribution in [3.63, 3.8) is 0 Å². The molecular formula is C8H10ClN2S-. The second-order valence-electron chi connectivity index (χ2n) is 2.13. The maximum atomic E-state index is 7.00. The molecule has 0 saturated heterocycles. The number of hydrogen-bond donors (Lipinski definition) is 2. The number of amidine groups is 1. The number of benzene rings is 1. The molecule has 0 aromatic heterocycles. The van der Waals surface area contributed by atoms with Crippen molar-refractivity contribution in [1.29, 1.82) is 5.41 Å². The van der Waals surface area contributed by atoms with Crippen molar-refractivity contribution < 1.29 is 12.4 Å². The molecule has 1 aromatic carbocycles. The first-order valence-electron chi connectivity index (χ1n) is 3.30. The number of halogens is 1. The minimum Gasteiger partial charge on any atom is -1.00 e. The summed E-state index contributed by atoms with van der Waals surface area (Å²) in [7, 11) is 0. The molecule has 1 aromatic rings. The van der Waals surface area contributed by atoms with Crippen molar-refractivity contribution in [3.8, 4) is 0 Å². The zero-order chi connectivity index (χ0) is 8.10. The molecule has 0 radical (unpaired) electrons. The van der Waals surface area contributed by atoms with Crippen LogP contribution in [0, 0.1) is 5.41 Å². The second-order valence-corrected chi connectivity index (χ2v) is 3.18. The van der Waals surface area contributed by atoms with Gasteiger partial charge in [-0.25, -0.2) is 0 Å². The monoisotopic (exact) mass is 201 g/mol. The van der Waals surface area contributed by atoms with Crippen LogP contribution < -0.4 is 18.1 Å². The number of thioether (sulfide) groups is 1. The first-order valence-corrected chi connectivity index (χ1v) is 4.28. The molecule has 0 bridgehead atoms. The molecule has 0 fully saturated rings. The van der Waals surface area contributed by atoms with Gasteiger partial charge in [0.25, 0.3) is 0 Å². The lowest BCUT2D eigenvalue weighted by molar-refractivity contribution is -0.00000264. The van der Waals surface area contributed by atoms with Crippen molar-refractivity contribution in [2.75, 3.05) is 5.75 Å².